The fourth-order valence-corrected chi connectivity index (χ4v) is 2.43. The van der Waals surface area contributed by atoms with E-state index in [0.717, 1.165) is 6.42 Å². The molecule has 0 heterocycles. The molecule has 1 aromatic rings. The minimum atomic E-state index is -1.19. The Hall–Kier alpha value is -2.48. The highest BCUT2D eigenvalue weighted by molar-refractivity contribution is 6.32. The maximum absolute atomic E-state index is 12.4. The van der Waals surface area contributed by atoms with Crippen LogP contribution in [0, 0.1) is 5.92 Å². The number of carbonyl (C=O) groups excluding carboxylic acids is 3. The van der Waals surface area contributed by atoms with Crippen LogP contribution in [0.3, 0.4) is 0 Å². The van der Waals surface area contributed by atoms with E-state index in [1.54, 1.807) is 13.8 Å². The molecule has 0 bridgehead atoms. The van der Waals surface area contributed by atoms with E-state index in [0.29, 0.717) is 18.3 Å². The number of amides is 3. The van der Waals surface area contributed by atoms with Crippen LogP contribution in [-0.4, -0.2) is 43.8 Å². The maximum Gasteiger partial charge on any atom is 0.339 e. The summed E-state index contributed by atoms with van der Waals surface area (Å²) in [6.45, 7) is 9.46. The lowest BCUT2D eigenvalue weighted by molar-refractivity contribution is -0.127. The van der Waals surface area contributed by atoms with Gasteiger partial charge in [0, 0.05) is 6.04 Å². The SMILES string of the molecule is COc1cc(C(=O)OC(C)C(=O)NC(=O)NC(C)C)cc(Cl)c1OCCC(C)C. The number of rotatable bonds is 9. The van der Waals surface area contributed by atoms with E-state index >= 15 is 0 Å². The van der Waals surface area contributed by atoms with Gasteiger partial charge in [-0.1, -0.05) is 25.4 Å². The highest BCUT2D eigenvalue weighted by atomic mass is 35.5. The lowest BCUT2D eigenvalue weighted by Crippen LogP contribution is -2.46. The molecule has 2 N–H and O–H groups in total. The van der Waals surface area contributed by atoms with Gasteiger partial charge in [0.05, 0.1) is 24.3 Å². The van der Waals surface area contributed by atoms with E-state index in [1.807, 2.05) is 0 Å². The summed E-state index contributed by atoms with van der Waals surface area (Å²) in [6, 6.07) is 2.00. The smallest absolute Gasteiger partial charge is 0.339 e. The zero-order valence-electron chi connectivity index (χ0n) is 17.6. The van der Waals surface area contributed by atoms with Crippen LogP contribution in [-0.2, 0) is 9.53 Å². The summed E-state index contributed by atoms with van der Waals surface area (Å²) in [6.07, 6.45) is -0.354. The van der Waals surface area contributed by atoms with Gasteiger partial charge in [-0.05, 0) is 45.2 Å². The number of urea groups is 1. The van der Waals surface area contributed by atoms with Gasteiger partial charge in [-0.2, -0.15) is 0 Å². The zero-order valence-corrected chi connectivity index (χ0v) is 18.4. The molecule has 9 heteroatoms. The van der Waals surface area contributed by atoms with E-state index < -0.39 is 24.0 Å². The predicted octanol–water partition coefficient (Wildman–Crippen LogP) is 3.55. The van der Waals surface area contributed by atoms with Gasteiger partial charge >= 0.3 is 12.0 Å². The van der Waals surface area contributed by atoms with Crippen molar-refractivity contribution in [3.63, 3.8) is 0 Å². The highest BCUT2D eigenvalue weighted by Gasteiger charge is 2.23. The molecular formula is C20H29ClN2O6. The average molecular weight is 429 g/mol. The van der Waals surface area contributed by atoms with Crippen molar-refractivity contribution in [3.8, 4) is 11.5 Å². The number of hydrogen-bond donors (Lipinski definition) is 2. The molecule has 0 spiro atoms. The maximum atomic E-state index is 12.4. The summed E-state index contributed by atoms with van der Waals surface area (Å²) in [4.78, 5) is 36.0. The molecule has 1 unspecified atom stereocenters. The first-order valence-corrected chi connectivity index (χ1v) is 9.75. The number of imide groups is 1. The first kappa shape index (κ1) is 24.6. The topological polar surface area (TPSA) is 103 Å². The Morgan fingerprint density at radius 1 is 1.10 bits per heavy atom. The van der Waals surface area contributed by atoms with E-state index in [9.17, 15) is 14.4 Å². The fraction of sp³-hybridized carbons (Fsp3) is 0.550. The van der Waals surface area contributed by atoms with Gasteiger partial charge in [0.2, 0.25) is 0 Å². The molecule has 1 rings (SSSR count). The normalized spacial score (nSPS) is 11.8. The van der Waals surface area contributed by atoms with Crippen molar-refractivity contribution in [1.29, 1.82) is 0 Å². The quantitative estimate of drug-likeness (QED) is 0.583. The average Bonchev–Trinajstić information content (AvgIpc) is 2.61. The Kier molecular flexibility index (Phi) is 9.74. The number of carbonyl (C=O) groups is 3. The first-order chi connectivity index (χ1) is 13.5. The molecule has 0 aliphatic heterocycles. The number of benzene rings is 1. The third-order valence-electron chi connectivity index (χ3n) is 3.72. The number of halogens is 1. The van der Waals surface area contributed by atoms with E-state index in [1.165, 1.54) is 26.2 Å². The molecule has 162 valence electrons. The highest BCUT2D eigenvalue weighted by Crippen LogP contribution is 2.37. The van der Waals surface area contributed by atoms with Crippen LogP contribution < -0.4 is 20.1 Å². The molecule has 0 aromatic heterocycles. The van der Waals surface area contributed by atoms with Gasteiger partial charge in [0.1, 0.15) is 0 Å². The number of methoxy groups -OCH3 is 1. The number of esters is 1. The second kappa shape index (κ2) is 11.5. The number of ether oxygens (including phenoxy) is 3. The van der Waals surface area contributed by atoms with Crippen molar-refractivity contribution in [2.24, 2.45) is 5.92 Å². The van der Waals surface area contributed by atoms with E-state index in [2.05, 4.69) is 24.5 Å². The van der Waals surface area contributed by atoms with Crippen LogP contribution in [0.5, 0.6) is 11.5 Å². The minimum absolute atomic E-state index is 0.0920. The van der Waals surface area contributed by atoms with Crippen LogP contribution in [0.2, 0.25) is 5.02 Å². The van der Waals surface area contributed by atoms with Crippen LogP contribution in [0.15, 0.2) is 12.1 Å². The zero-order chi connectivity index (χ0) is 22.1. The van der Waals surface area contributed by atoms with Crippen molar-refractivity contribution in [1.82, 2.24) is 10.6 Å². The van der Waals surface area contributed by atoms with E-state index in [-0.39, 0.29) is 22.4 Å². The largest absolute Gasteiger partial charge is 0.493 e. The Labute approximate surface area is 176 Å². The molecule has 0 fully saturated rings. The first-order valence-electron chi connectivity index (χ1n) is 9.37. The van der Waals surface area contributed by atoms with Crippen molar-refractivity contribution in [2.45, 2.75) is 53.2 Å². The number of hydrogen-bond acceptors (Lipinski definition) is 6. The molecule has 0 saturated heterocycles. The third-order valence-corrected chi connectivity index (χ3v) is 4.00. The van der Waals surface area contributed by atoms with Crippen LogP contribution in [0.25, 0.3) is 0 Å². The van der Waals surface area contributed by atoms with E-state index in [4.69, 9.17) is 25.8 Å². The summed E-state index contributed by atoms with van der Waals surface area (Å²) in [5.74, 6) is -0.456. The van der Waals surface area contributed by atoms with Gasteiger partial charge < -0.3 is 19.5 Å². The van der Waals surface area contributed by atoms with Gasteiger partial charge in [-0.15, -0.1) is 0 Å². The second-order valence-electron chi connectivity index (χ2n) is 7.19. The molecule has 0 aliphatic rings. The monoisotopic (exact) mass is 428 g/mol. The van der Waals surface area contributed by atoms with Crippen LogP contribution in [0.4, 0.5) is 4.79 Å². The number of nitrogens with one attached hydrogen (secondary N) is 2. The third kappa shape index (κ3) is 8.19. The molecule has 0 radical (unpaired) electrons. The lowest BCUT2D eigenvalue weighted by Gasteiger charge is -2.16. The van der Waals surface area contributed by atoms with Crippen molar-refractivity contribution < 1.29 is 28.6 Å². The standard InChI is InChI=1S/C20H29ClN2O6/c1-11(2)7-8-28-17-15(21)9-14(10-16(17)27-6)19(25)29-13(5)18(24)23-20(26)22-12(3)4/h9-13H,7-8H2,1-6H3,(H2,22,23,24,26). The Morgan fingerprint density at radius 3 is 2.31 bits per heavy atom. The van der Waals surface area contributed by atoms with Crippen LogP contribution >= 0.6 is 11.6 Å². The Morgan fingerprint density at radius 2 is 1.76 bits per heavy atom. The minimum Gasteiger partial charge on any atom is -0.493 e. The molecule has 1 atom stereocenters. The summed E-state index contributed by atoms with van der Waals surface area (Å²) in [5, 5.41) is 4.80. The van der Waals surface area contributed by atoms with Crippen molar-refractivity contribution in [2.75, 3.05) is 13.7 Å². The van der Waals surface area contributed by atoms with Crippen LogP contribution in [0.1, 0.15) is 51.4 Å². The molecule has 3 amide bonds. The van der Waals surface area contributed by atoms with Gasteiger partial charge in [0.25, 0.3) is 5.91 Å². The predicted molar refractivity (Wildman–Crippen MR) is 110 cm³/mol. The van der Waals surface area contributed by atoms with Gasteiger partial charge in [0.15, 0.2) is 17.6 Å². The lowest BCUT2D eigenvalue weighted by atomic mass is 10.1. The molecule has 0 saturated carbocycles. The Bertz CT molecular complexity index is 736. The molecule has 29 heavy (non-hydrogen) atoms. The van der Waals surface area contributed by atoms with Gasteiger partial charge in [-0.25, -0.2) is 9.59 Å². The molecule has 8 nitrogen and oxygen atoms in total. The Balaban J connectivity index is 2.82. The summed E-state index contributed by atoms with van der Waals surface area (Å²) in [7, 11) is 1.43. The molecular weight excluding hydrogens is 400 g/mol. The molecule has 1 aromatic carbocycles. The molecule has 0 aliphatic carbocycles. The van der Waals surface area contributed by atoms with Crippen molar-refractivity contribution >= 4 is 29.5 Å². The second-order valence-corrected chi connectivity index (χ2v) is 7.59. The van der Waals surface area contributed by atoms with Crippen molar-refractivity contribution in [3.05, 3.63) is 22.7 Å². The summed E-state index contributed by atoms with van der Waals surface area (Å²) in [5.41, 5.74) is 0.0920. The summed E-state index contributed by atoms with van der Waals surface area (Å²) < 4.78 is 16.1. The van der Waals surface area contributed by atoms with Gasteiger partial charge in [-0.3, -0.25) is 10.1 Å². The fourth-order valence-electron chi connectivity index (χ4n) is 2.17. The summed E-state index contributed by atoms with van der Waals surface area (Å²) >= 11 is 6.24.